The maximum Gasteiger partial charge on any atom is 0.481 e. The fraction of sp³-hybridized carbons (Fsp3) is 0.886. The van der Waals surface area contributed by atoms with Crippen molar-refractivity contribution in [1.82, 2.24) is 9.55 Å². The Balaban J connectivity index is 1.80. The van der Waals surface area contributed by atoms with Crippen molar-refractivity contribution in [2.24, 2.45) is 5.11 Å². The number of aromatic nitrogens is 2. The van der Waals surface area contributed by atoms with E-state index in [1.54, 1.807) is 11.8 Å². The third kappa shape index (κ3) is 28.9. The van der Waals surface area contributed by atoms with Gasteiger partial charge in [0.1, 0.15) is 12.3 Å². The highest BCUT2D eigenvalue weighted by Gasteiger charge is 2.41. The Bertz CT molecular complexity index is 1650. The molecule has 0 radical (unpaired) electrons. The average Bonchev–Trinajstić information content (AvgIpc) is 3.65. The molecule has 20 heteroatoms. The molecule has 3 unspecified atom stereocenters. The molecule has 1 aliphatic rings. The molecule has 0 bridgehead atoms. The van der Waals surface area contributed by atoms with Gasteiger partial charge in [0.15, 0.2) is 0 Å². The summed E-state index contributed by atoms with van der Waals surface area (Å²) in [6, 6.07) is 0.125. The number of phosphoric ester groups is 2. The number of ether oxygens (including phenoxy) is 2. The number of carbonyl (C=O) groups is 1. The number of aromatic amines is 1. The fourth-order valence-corrected chi connectivity index (χ4v) is 10.8. The van der Waals surface area contributed by atoms with Crippen LogP contribution < -0.4 is 11.2 Å². The molecule has 1 aliphatic heterocycles. The lowest BCUT2D eigenvalue weighted by molar-refractivity contribution is -0.149. The molecule has 1 aromatic heterocycles. The Morgan fingerprint density at radius 1 is 0.812 bits per heavy atom. The predicted octanol–water partition coefficient (Wildman–Crippen LogP) is 12.4. The second kappa shape index (κ2) is 36.1. The van der Waals surface area contributed by atoms with Crippen LogP contribution in [0.25, 0.3) is 10.4 Å². The molecule has 0 aromatic carbocycles. The summed E-state index contributed by atoms with van der Waals surface area (Å²) in [5.74, 6) is 0.637. The first-order chi connectivity index (χ1) is 30.9. The van der Waals surface area contributed by atoms with Gasteiger partial charge >= 0.3 is 27.3 Å². The minimum absolute atomic E-state index is 0.0426. The molecule has 0 aliphatic carbocycles. The van der Waals surface area contributed by atoms with Crippen molar-refractivity contribution in [2.75, 3.05) is 24.7 Å². The molecular weight excluding hydrogens is 885 g/mol. The lowest BCUT2D eigenvalue weighted by atomic mass is 10.0. The third-order valence-corrected chi connectivity index (χ3v) is 15.1. The number of esters is 1. The summed E-state index contributed by atoms with van der Waals surface area (Å²) in [5.41, 5.74) is 7.61. The van der Waals surface area contributed by atoms with Gasteiger partial charge in [0.25, 0.3) is 5.56 Å². The first-order valence-electron chi connectivity index (χ1n) is 24.3. The minimum atomic E-state index is -5.28. The number of hydrogen-bond donors (Lipinski definition) is 3. The maximum absolute atomic E-state index is 12.9. The van der Waals surface area contributed by atoms with Crippen molar-refractivity contribution in [3.8, 4) is 0 Å². The number of thioether (sulfide) groups is 1. The molecule has 2 rings (SSSR count). The van der Waals surface area contributed by atoms with E-state index in [1.807, 2.05) is 0 Å². The first kappa shape index (κ1) is 58.2. The van der Waals surface area contributed by atoms with Crippen molar-refractivity contribution < 1.29 is 46.5 Å². The fourth-order valence-electron chi connectivity index (χ4n) is 7.66. The van der Waals surface area contributed by atoms with Crippen LogP contribution in [0.1, 0.15) is 206 Å². The van der Waals surface area contributed by atoms with Crippen LogP contribution in [0.2, 0.25) is 0 Å². The largest absolute Gasteiger partial charge is 0.481 e. The zero-order chi connectivity index (χ0) is 46.7. The molecule has 1 saturated heterocycles. The number of rotatable bonds is 42. The zero-order valence-electron chi connectivity index (χ0n) is 38.9. The van der Waals surface area contributed by atoms with E-state index in [9.17, 15) is 33.3 Å². The van der Waals surface area contributed by atoms with Gasteiger partial charge in [-0.15, -0.1) is 0 Å². The molecule has 64 heavy (non-hydrogen) atoms. The highest BCUT2D eigenvalue weighted by atomic mass is 32.2. The van der Waals surface area contributed by atoms with E-state index in [4.69, 9.17) is 24.1 Å². The van der Waals surface area contributed by atoms with E-state index < -0.39 is 70.6 Å². The molecule has 0 saturated carbocycles. The van der Waals surface area contributed by atoms with Gasteiger partial charge in [-0.2, -0.15) is 16.1 Å². The topological polar surface area (TPSA) is 241 Å². The highest BCUT2D eigenvalue weighted by molar-refractivity contribution is 7.99. The lowest BCUT2D eigenvalue weighted by Gasteiger charge is -2.22. The summed E-state index contributed by atoms with van der Waals surface area (Å²) in [7, 11) is -10.5. The van der Waals surface area contributed by atoms with Crippen LogP contribution in [-0.2, 0) is 36.8 Å². The van der Waals surface area contributed by atoms with Crippen molar-refractivity contribution in [3.05, 3.63) is 43.5 Å². The summed E-state index contributed by atoms with van der Waals surface area (Å²) in [6.07, 6.45) is 31.1. The quantitative estimate of drug-likeness (QED) is 0.0138. The van der Waals surface area contributed by atoms with Crippen LogP contribution in [0.4, 0.5) is 0 Å². The number of unbranched alkanes of at least 4 members (excludes halogenated alkanes) is 25. The number of hydrogen-bond acceptors (Lipinski definition) is 12. The Kier molecular flexibility index (Phi) is 32.8. The van der Waals surface area contributed by atoms with Gasteiger partial charge in [-0.05, 0) is 24.1 Å². The SMILES string of the molecule is CCCCCCCCCCCCCCCCSCC(COP(=O)(O)OP(=O)(O)OC[C@H]1O[C@@H](n2ccc(=O)[nH]c2=O)C[C@@H]1N=[N+]=[N-])OC(=O)CCCCCCCCCCCCCCC. The molecule has 370 valence electrons. The second-order valence-corrected chi connectivity index (χ2v) is 21.2. The maximum atomic E-state index is 12.9. The van der Waals surface area contributed by atoms with Gasteiger partial charge in [0.2, 0.25) is 0 Å². The summed E-state index contributed by atoms with van der Waals surface area (Å²) in [6.45, 7) is 3.18. The molecule has 1 aromatic rings. The van der Waals surface area contributed by atoms with Crippen LogP contribution in [0.3, 0.4) is 0 Å². The van der Waals surface area contributed by atoms with Crippen molar-refractivity contribution in [3.63, 3.8) is 0 Å². The summed E-state index contributed by atoms with van der Waals surface area (Å²) >= 11 is 1.54. The molecule has 2 heterocycles. The molecule has 6 atom stereocenters. The smallest absolute Gasteiger partial charge is 0.459 e. The summed E-state index contributed by atoms with van der Waals surface area (Å²) in [5, 5.41) is 3.60. The monoisotopic (exact) mass is 966 g/mol. The molecule has 0 amide bonds. The second-order valence-electron chi connectivity index (χ2n) is 17.0. The van der Waals surface area contributed by atoms with E-state index in [0.717, 1.165) is 54.9 Å². The van der Waals surface area contributed by atoms with Crippen molar-refractivity contribution in [2.45, 2.75) is 225 Å². The number of H-pyrrole nitrogens is 1. The van der Waals surface area contributed by atoms with Gasteiger partial charge in [0.05, 0.1) is 25.4 Å². The Morgan fingerprint density at radius 3 is 1.80 bits per heavy atom. The van der Waals surface area contributed by atoms with E-state index in [0.29, 0.717) is 6.42 Å². The molecule has 17 nitrogen and oxygen atoms in total. The Labute approximate surface area is 386 Å². The summed E-state index contributed by atoms with van der Waals surface area (Å²) in [4.78, 5) is 62.2. The Hall–Kier alpha value is -1.97. The predicted molar refractivity (Wildman–Crippen MR) is 253 cm³/mol. The number of nitrogens with one attached hydrogen (secondary N) is 1. The first-order valence-corrected chi connectivity index (χ1v) is 28.5. The molecule has 1 fully saturated rings. The van der Waals surface area contributed by atoms with Gasteiger partial charge in [-0.3, -0.25) is 28.2 Å². The van der Waals surface area contributed by atoms with Crippen LogP contribution in [0.15, 0.2) is 27.0 Å². The standard InChI is InChI=1S/C44H81N5O12P2S/c1-3-5-7-9-11-13-15-17-19-21-23-25-27-29-33-64-37-38(59-43(51)30-28-26-24-22-20-18-16-14-12-10-8-6-4-2)35-57-62(53,54)61-63(55,56)58-36-40-39(47-48-45)34-42(60-40)49-32-31-41(50)46-44(49)52/h31-32,38-40,42H,3-30,33-37H2,1-2H3,(H,53,54)(H,55,56)(H,46,50,52)/t38?,39-,40+,42+/m0/s1. The number of carbonyl (C=O) groups excluding carboxylic acids is 1. The lowest BCUT2D eigenvalue weighted by Crippen LogP contribution is -2.31. The minimum Gasteiger partial charge on any atom is -0.459 e. The van der Waals surface area contributed by atoms with Crippen molar-refractivity contribution in [1.29, 1.82) is 0 Å². The van der Waals surface area contributed by atoms with E-state index in [1.165, 1.54) is 135 Å². The van der Waals surface area contributed by atoms with E-state index in [-0.39, 0.29) is 18.6 Å². The Morgan fingerprint density at radius 2 is 1.30 bits per heavy atom. The van der Waals surface area contributed by atoms with Gasteiger partial charge in [-0.25, -0.2) is 13.9 Å². The number of phosphoric acid groups is 2. The van der Waals surface area contributed by atoms with Crippen LogP contribution >= 0.6 is 27.4 Å². The summed E-state index contributed by atoms with van der Waals surface area (Å²) < 4.78 is 52.7. The van der Waals surface area contributed by atoms with E-state index >= 15 is 0 Å². The average molecular weight is 966 g/mol. The van der Waals surface area contributed by atoms with Crippen LogP contribution in [-0.4, -0.2) is 68.3 Å². The molecular formula is C44H81N5O12P2S. The normalized spacial score (nSPS) is 18.6. The highest BCUT2D eigenvalue weighted by Crippen LogP contribution is 2.60. The van der Waals surface area contributed by atoms with Gasteiger partial charge in [-0.1, -0.05) is 179 Å². The van der Waals surface area contributed by atoms with Gasteiger partial charge < -0.3 is 19.3 Å². The number of azide groups is 1. The third-order valence-electron chi connectivity index (χ3n) is 11.3. The van der Waals surface area contributed by atoms with Crippen LogP contribution in [0, 0.1) is 0 Å². The van der Waals surface area contributed by atoms with Crippen molar-refractivity contribution >= 4 is 33.4 Å². The van der Waals surface area contributed by atoms with Crippen LogP contribution in [0.5, 0.6) is 0 Å². The molecule has 0 spiro atoms. The number of nitrogens with zero attached hydrogens (tertiary/aromatic N) is 4. The molecule has 3 N–H and O–H groups in total. The zero-order valence-corrected chi connectivity index (χ0v) is 41.5. The van der Waals surface area contributed by atoms with E-state index in [2.05, 4.69) is 33.2 Å². The van der Waals surface area contributed by atoms with Gasteiger partial charge in [0, 0.05) is 35.8 Å².